The van der Waals surface area contributed by atoms with Crippen LogP contribution < -0.4 is 15.4 Å². The lowest BCUT2D eigenvalue weighted by molar-refractivity contribution is -0.125. The van der Waals surface area contributed by atoms with Gasteiger partial charge in [0.15, 0.2) is 0 Å². The molecular weight excluding hydrogens is 230 g/mol. The average Bonchev–Trinajstić information content (AvgIpc) is 2.46. The van der Waals surface area contributed by atoms with Gasteiger partial charge in [0.1, 0.15) is 0 Å². The molecule has 0 radical (unpaired) electrons. The zero-order valence-electron chi connectivity index (χ0n) is 10.6. The third-order valence-electron chi connectivity index (χ3n) is 3.14. The first-order valence-electron chi connectivity index (χ1n) is 6.27. The smallest absolute Gasteiger partial charge is 0.224 e. The van der Waals surface area contributed by atoms with Crippen molar-refractivity contribution in [2.45, 2.75) is 19.4 Å². The highest BCUT2D eigenvalue weighted by molar-refractivity contribution is 5.78. The summed E-state index contributed by atoms with van der Waals surface area (Å²) >= 11 is 0. The molecule has 1 saturated heterocycles. The van der Waals surface area contributed by atoms with Crippen LogP contribution in [0.2, 0.25) is 0 Å². The zero-order valence-corrected chi connectivity index (χ0v) is 10.6. The molecule has 1 aliphatic heterocycles. The molecule has 2 rings (SSSR count). The molecule has 0 spiro atoms. The summed E-state index contributed by atoms with van der Waals surface area (Å²) in [6.07, 6.45) is 3.72. The van der Waals surface area contributed by atoms with Gasteiger partial charge in [-0.15, -0.1) is 0 Å². The van der Waals surface area contributed by atoms with E-state index in [0.29, 0.717) is 12.4 Å². The molecule has 1 fully saturated rings. The molecule has 1 amide bonds. The van der Waals surface area contributed by atoms with Crippen LogP contribution >= 0.6 is 0 Å². The second-order valence-corrected chi connectivity index (χ2v) is 4.47. The summed E-state index contributed by atoms with van der Waals surface area (Å²) in [4.78, 5) is 16.0. The SMILES string of the molecule is COc1cc(CNC(=O)[C@@H]2CCCNC2)ccn1. The number of hydrogen-bond acceptors (Lipinski definition) is 4. The molecule has 0 aromatic carbocycles. The Morgan fingerprint density at radius 1 is 1.67 bits per heavy atom. The van der Waals surface area contributed by atoms with E-state index in [4.69, 9.17) is 4.74 Å². The van der Waals surface area contributed by atoms with E-state index in [1.54, 1.807) is 13.3 Å². The maximum absolute atomic E-state index is 11.9. The predicted molar refractivity (Wildman–Crippen MR) is 68.2 cm³/mol. The van der Waals surface area contributed by atoms with Gasteiger partial charge in [-0.1, -0.05) is 0 Å². The van der Waals surface area contributed by atoms with Crippen molar-refractivity contribution < 1.29 is 9.53 Å². The Labute approximate surface area is 107 Å². The molecule has 18 heavy (non-hydrogen) atoms. The number of nitrogens with one attached hydrogen (secondary N) is 2. The number of rotatable bonds is 4. The van der Waals surface area contributed by atoms with Crippen LogP contribution in [-0.4, -0.2) is 31.1 Å². The lowest BCUT2D eigenvalue weighted by Gasteiger charge is -2.21. The van der Waals surface area contributed by atoms with Crippen molar-refractivity contribution >= 4 is 5.91 Å². The van der Waals surface area contributed by atoms with Crippen LogP contribution in [0.1, 0.15) is 18.4 Å². The molecule has 0 saturated carbocycles. The van der Waals surface area contributed by atoms with Gasteiger partial charge in [0.05, 0.1) is 13.0 Å². The number of hydrogen-bond donors (Lipinski definition) is 2. The minimum Gasteiger partial charge on any atom is -0.481 e. The Kier molecular flexibility index (Phi) is 4.52. The zero-order chi connectivity index (χ0) is 12.8. The van der Waals surface area contributed by atoms with E-state index < -0.39 is 0 Å². The third-order valence-corrected chi connectivity index (χ3v) is 3.14. The number of carbonyl (C=O) groups excluding carboxylic acids is 1. The van der Waals surface area contributed by atoms with Gasteiger partial charge in [0, 0.05) is 25.4 Å². The van der Waals surface area contributed by atoms with Crippen molar-refractivity contribution in [3.05, 3.63) is 23.9 Å². The quantitative estimate of drug-likeness (QED) is 0.825. The van der Waals surface area contributed by atoms with Gasteiger partial charge >= 0.3 is 0 Å². The van der Waals surface area contributed by atoms with E-state index in [9.17, 15) is 4.79 Å². The Hall–Kier alpha value is -1.62. The van der Waals surface area contributed by atoms with Crippen LogP contribution in [0.5, 0.6) is 5.88 Å². The van der Waals surface area contributed by atoms with E-state index in [0.717, 1.165) is 31.5 Å². The maximum Gasteiger partial charge on any atom is 0.224 e. The van der Waals surface area contributed by atoms with E-state index in [-0.39, 0.29) is 11.8 Å². The number of ether oxygens (including phenoxy) is 1. The molecule has 1 aromatic rings. The van der Waals surface area contributed by atoms with Gasteiger partial charge in [-0.05, 0) is 31.0 Å². The molecule has 2 N–H and O–H groups in total. The van der Waals surface area contributed by atoms with E-state index in [2.05, 4.69) is 15.6 Å². The summed E-state index contributed by atoms with van der Waals surface area (Å²) in [6, 6.07) is 3.71. The van der Waals surface area contributed by atoms with Crippen LogP contribution in [0.15, 0.2) is 18.3 Å². The Balaban J connectivity index is 1.84. The predicted octanol–water partition coefficient (Wildman–Crippen LogP) is 0.706. The summed E-state index contributed by atoms with van der Waals surface area (Å²) < 4.78 is 5.04. The van der Waals surface area contributed by atoms with Gasteiger partial charge in [-0.2, -0.15) is 0 Å². The van der Waals surface area contributed by atoms with E-state index in [1.165, 1.54) is 0 Å². The highest BCUT2D eigenvalue weighted by Gasteiger charge is 2.20. The van der Waals surface area contributed by atoms with Crippen LogP contribution in [0.4, 0.5) is 0 Å². The van der Waals surface area contributed by atoms with E-state index >= 15 is 0 Å². The first-order valence-corrected chi connectivity index (χ1v) is 6.27. The fraction of sp³-hybridized carbons (Fsp3) is 0.538. The third kappa shape index (κ3) is 3.43. The Morgan fingerprint density at radius 2 is 2.56 bits per heavy atom. The molecule has 2 heterocycles. The highest BCUT2D eigenvalue weighted by atomic mass is 16.5. The average molecular weight is 249 g/mol. The van der Waals surface area contributed by atoms with Crippen molar-refractivity contribution in [1.29, 1.82) is 0 Å². The lowest BCUT2D eigenvalue weighted by atomic mass is 9.99. The molecule has 1 atom stereocenters. The first kappa shape index (κ1) is 12.8. The fourth-order valence-electron chi connectivity index (χ4n) is 2.08. The van der Waals surface area contributed by atoms with Crippen molar-refractivity contribution in [3.8, 4) is 5.88 Å². The molecule has 98 valence electrons. The minimum absolute atomic E-state index is 0.0995. The van der Waals surface area contributed by atoms with Crippen LogP contribution in [0, 0.1) is 5.92 Å². The molecule has 1 aromatic heterocycles. The number of pyridine rings is 1. The number of methoxy groups -OCH3 is 1. The normalized spacial score (nSPS) is 19.3. The van der Waals surface area contributed by atoms with Crippen LogP contribution in [-0.2, 0) is 11.3 Å². The lowest BCUT2D eigenvalue weighted by Crippen LogP contribution is -2.40. The van der Waals surface area contributed by atoms with Gasteiger partial charge < -0.3 is 15.4 Å². The highest BCUT2D eigenvalue weighted by Crippen LogP contribution is 2.11. The number of nitrogens with zero attached hydrogens (tertiary/aromatic N) is 1. The standard InChI is InChI=1S/C13H19N3O2/c1-18-12-7-10(4-6-15-12)8-16-13(17)11-3-2-5-14-9-11/h4,6-7,11,14H,2-3,5,8-9H2,1H3,(H,16,17)/t11-/m1/s1. The summed E-state index contributed by atoms with van der Waals surface area (Å²) in [5.41, 5.74) is 0.999. The number of amides is 1. The van der Waals surface area contributed by atoms with Gasteiger partial charge in [-0.3, -0.25) is 4.79 Å². The summed E-state index contributed by atoms with van der Waals surface area (Å²) in [5, 5.41) is 6.20. The number of carbonyl (C=O) groups is 1. The van der Waals surface area contributed by atoms with Crippen molar-refractivity contribution in [1.82, 2.24) is 15.6 Å². The van der Waals surface area contributed by atoms with Gasteiger partial charge in [-0.25, -0.2) is 4.98 Å². The molecule has 5 nitrogen and oxygen atoms in total. The van der Waals surface area contributed by atoms with Crippen LogP contribution in [0.25, 0.3) is 0 Å². The monoisotopic (exact) mass is 249 g/mol. The van der Waals surface area contributed by atoms with Crippen molar-refractivity contribution in [2.75, 3.05) is 20.2 Å². The molecule has 0 unspecified atom stereocenters. The number of piperidine rings is 1. The topological polar surface area (TPSA) is 63.2 Å². The molecule has 1 aliphatic rings. The second-order valence-electron chi connectivity index (χ2n) is 4.47. The molecular formula is C13H19N3O2. The summed E-state index contributed by atoms with van der Waals surface area (Å²) in [7, 11) is 1.58. The second kappa shape index (κ2) is 6.35. The minimum atomic E-state index is 0.0995. The van der Waals surface area contributed by atoms with E-state index in [1.807, 2.05) is 12.1 Å². The van der Waals surface area contributed by atoms with Crippen LogP contribution in [0.3, 0.4) is 0 Å². The molecule has 0 aliphatic carbocycles. The largest absolute Gasteiger partial charge is 0.481 e. The summed E-state index contributed by atoms with van der Waals surface area (Å²) in [5.74, 6) is 0.793. The van der Waals surface area contributed by atoms with Gasteiger partial charge in [0.2, 0.25) is 11.8 Å². The molecule has 5 heteroatoms. The van der Waals surface area contributed by atoms with Crippen molar-refractivity contribution in [2.24, 2.45) is 5.92 Å². The first-order chi connectivity index (χ1) is 8.79. The Morgan fingerprint density at radius 3 is 3.28 bits per heavy atom. The molecule has 0 bridgehead atoms. The van der Waals surface area contributed by atoms with Crippen molar-refractivity contribution in [3.63, 3.8) is 0 Å². The fourth-order valence-corrected chi connectivity index (χ4v) is 2.08. The maximum atomic E-state index is 11.9. The number of aromatic nitrogens is 1. The van der Waals surface area contributed by atoms with Gasteiger partial charge in [0.25, 0.3) is 0 Å². The Bertz CT molecular complexity index is 403. The summed E-state index contributed by atoms with van der Waals surface area (Å²) in [6.45, 7) is 2.32.